The number of methoxy groups -OCH3 is 1. The minimum absolute atomic E-state index is 0.255. The van der Waals surface area contributed by atoms with E-state index in [9.17, 15) is 9.59 Å². The molecule has 5 nitrogen and oxygen atoms in total. The number of benzene rings is 2. The molecule has 3 rings (SSSR count). The number of aryl methyl sites for hydroxylation is 1. The third-order valence-corrected chi connectivity index (χ3v) is 3.99. The lowest BCUT2D eigenvalue weighted by molar-refractivity contribution is -0.141. The Bertz CT molecular complexity index is 957. The van der Waals surface area contributed by atoms with E-state index in [1.54, 1.807) is 25.1 Å². The molecule has 0 fully saturated rings. The second-order valence-corrected chi connectivity index (χ2v) is 5.69. The third-order valence-electron chi connectivity index (χ3n) is 3.99. The molecule has 0 amide bonds. The van der Waals surface area contributed by atoms with Crippen LogP contribution in [0, 0.1) is 6.92 Å². The fourth-order valence-corrected chi connectivity index (χ4v) is 2.50. The van der Waals surface area contributed by atoms with Crippen LogP contribution in [0.15, 0.2) is 51.7 Å². The summed E-state index contributed by atoms with van der Waals surface area (Å²) in [7, 11) is 1.35. The van der Waals surface area contributed by atoms with E-state index in [0.717, 1.165) is 11.1 Å². The Morgan fingerprint density at radius 2 is 1.88 bits per heavy atom. The molecule has 3 aromatic rings. The summed E-state index contributed by atoms with van der Waals surface area (Å²) in [6, 6.07) is 12.6. The SMILES string of the molecule is COC(=O)C(C)c1ccc2oc(=O)c(-c3ccc(C)cc3)nc2c1. The number of hydrogen-bond donors (Lipinski definition) is 0. The van der Waals surface area contributed by atoms with Gasteiger partial charge in [0.2, 0.25) is 0 Å². The molecule has 122 valence electrons. The Labute approximate surface area is 138 Å². The number of nitrogens with zero attached hydrogens (tertiary/aromatic N) is 1. The van der Waals surface area contributed by atoms with Crippen molar-refractivity contribution in [1.29, 1.82) is 0 Å². The van der Waals surface area contributed by atoms with E-state index >= 15 is 0 Å². The average Bonchev–Trinajstić information content (AvgIpc) is 2.60. The van der Waals surface area contributed by atoms with Crippen molar-refractivity contribution in [3.05, 3.63) is 64.0 Å². The molecule has 2 aromatic carbocycles. The zero-order valence-electron chi connectivity index (χ0n) is 13.7. The smallest absolute Gasteiger partial charge is 0.363 e. The first-order chi connectivity index (χ1) is 11.5. The second-order valence-electron chi connectivity index (χ2n) is 5.69. The quantitative estimate of drug-likeness (QED) is 0.691. The predicted octanol–water partition coefficient (Wildman–Crippen LogP) is 3.44. The first-order valence-corrected chi connectivity index (χ1v) is 7.59. The molecular formula is C19H17NO4. The maximum Gasteiger partial charge on any atom is 0.363 e. The molecule has 0 aliphatic rings. The van der Waals surface area contributed by atoms with Crippen molar-refractivity contribution in [3.63, 3.8) is 0 Å². The van der Waals surface area contributed by atoms with Gasteiger partial charge in [-0.05, 0) is 31.5 Å². The minimum Gasteiger partial charge on any atom is -0.469 e. The molecule has 0 N–H and O–H groups in total. The van der Waals surface area contributed by atoms with Gasteiger partial charge in [0, 0.05) is 5.56 Å². The van der Waals surface area contributed by atoms with Crippen LogP contribution in [0.4, 0.5) is 0 Å². The first kappa shape index (κ1) is 15.9. The molecule has 1 heterocycles. The topological polar surface area (TPSA) is 69.4 Å². The van der Waals surface area contributed by atoms with Gasteiger partial charge >= 0.3 is 11.6 Å². The highest BCUT2D eigenvalue weighted by Gasteiger charge is 2.17. The number of carbonyl (C=O) groups is 1. The number of rotatable bonds is 3. The van der Waals surface area contributed by atoms with Crippen LogP contribution in [0.1, 0.15) is 24.0 Å². The first-order valence-electron chi connectivity index (χ1n) is 7.59. The van der Waals surface area contributed by atoms with E-state index < -0.39 is 11.5 Å². The van der Waals surface area contributed by atoms with Gasteiger partial charge in [0.25, 0.3) is 0 Å². The van der Waals surface area contributed by atoms with Crippen LogP contribution in [0.25, 0.3) is 22.4 Å². The lowest BCUT2D eigenvalue weighted by atomic mass is 10.0. The summed E-state index contributed by atoms with van der Waals surface area (Å²) in [5.74, 6) is -0.749. The zero-order chi connectivity index (χ0) is 17.3. The maximum absolute atomic E-state index is 12.2. The maximum atomic E-state index is 12.2. The fraction of sp³-hybridized carbons (Fsp3) is 0.211. The molecule has 0 saturated carbocycles. The summed E-state index contributed by atoms with van der Waals surface area (Å²) >= 11 is 0. The van der Waals surface area contributed by atoms with Crippen LogP contribution in [0.5, 0.6) is 0 Å². The molecular weight excluding hydrogens is 306 g/mol. The molecule has 1 unspecified atom stereocenters. The van der Waals surface area contributed by atoms with Crippen molar-refractivity contribution in [3.8, 4) is 11.3 Å². The van der Waals surface area contributed by atoms with Crippen LogP contribution in [-0.2, 0) is 9.53 Å². The highest BCUT2D eigenvalue weighted by molar-refractivity contribution is 5.81. The predicted molar refractivity (Wildman–Crippen MR) is 90.9 cm³/mol. The monoisotopic (exact) mass is 323 g/mol. The minimum atomic E-state index is -0.486. The van der Waals surface area contributed by atoms with Gasteiger partial charge in [0.1, 0.15) is 5.52 Å². The van der Waals surface area contributed by atoms with Gasteiger partial charge in [-0.3, -0.25) is 4.79 Å². The molecule has 0 radical (unpaired) electrons. The number of fused-ring (bicyclic) bond motifs is 1. The fourth-order valence-electron chi connectivity index (χ4n) is 2.50. The Morgan fingerprint density at radius 3 is 2.54 bits per heavy atom. The summed E-state index contributed by atoms with van der Waals surface area (Å²) in [4.78, 5) is 28.3. The van der Waals surface area contributed by atoms with E-state index in [1.807, 2.05) is 31.2 Å². The Balaban J connectivity index is 2.12. The Morgan fingerprint density at radius 1 is 1.17 bits per heavy atom. The third kappa shape index (κ3) is 2.93. The molecule has 1 aromatic heterocycles. The zero-order valence-corrected chi connectivity index (χ0v) is 13.7. The van der Waals surface area contributed by atoms with Gasteiger partial charge in [-0.15, -0.1) is 0 Å². The molecule has 0 aliphatic carbocycles. The largest absolute Gasteiger partial charge is 0.469 e. The summed E-state index contributed by atoms with van der Waals surface area (Å²) in [6.07, 6.45) is 0. The number of carbonyl (C=O) groups excluding carboxylic acids is 1. The van der Waals surface area contributed by atoms with Crippen molar-refractivity contribution in [1.82, 2.24) is 4.98 Å². The summed E-state index contributed by atoms with van der Waals surface area (Å²) in [5, 5.41) is 0. The summed E-state index contributed by atoms with van der Waals surface area (Å²) in [5.41, 5.74) is 3.23. The van der Waals surface area contributed by atoms with Gasteiger partial charge in [-0.25, -0.2) is 9.78 Å². The van der Waals surface area contributed by atoms with E-state index in [-0.39, 0.29) is 11.7 Å². The standard InChI is InChI=1S/C19H17NO4/c1-11-4-6-13(7-5-11)17-19(22)24-16-9-8-14(10-15(16)20-17)12(2)18(21)23-3/h4-10,12H,1-3H3. The second kappa shape index (κ2) is 6.28. The van der Waals surface area contributed by atoms with E-state index in [2.05, 4.69) is 4.98 Å². The van der Waals surface area contributed by atoms with Gasteiger partial charge in [0.05, 0.1) is 13.0 Å². The molecule has 1 atom stereocenters. The molecule has 24 heavy (non-hydrogen) atoms. The molecule has 0 aliphatic heterocycles. The van der Waals surface area contributed by atoms with Crippen molar-refractivity contribution in [2.24, 2.45) is 0 Å². The number of hydrogen-bond acceptors (Lipinski definition) is 5. The molecule has 0 spiro atoms. The summed E-state index contributed by atoms with van der Waals surface area (Å²) in [6.45, 7) is 3.73. The van der Waals surface area contributed by atoms with E-state index in [4.69, 9.17) is 9.15 Å². The summed E-state index contributed by atoms with van der Waals surface area (Å²) < 4.78 is 10.1. The lowest BCUT2D eigenvalue weighted by Gasteiger charge is -2.10. The van der Waals surface area contributed by atoms with Crippen molar-refractivity contribution in [2.45, 2.75) is 19.8 Å². The number of ether oxygens (including phenoxy) is 1. The van der Waals surface area contributed by atoms with Crippen LogP contribution in [-0.4, -0.2) is 18.1 Å². The normalized spacial score (nSPS) is 12.1. The average molecular weight is 323 g/mol. The van der Waals surface area contributed by atoms with Crippen molar-refractivity contribution >= 4 is 17.1 Å². The van der Waals surface area contributed by atoms with Gasteiger partial charge < -0.3 is 9.15 Å². The Hall–Kier alpha value is -2.95. The van der Waals surface area contributed by atoms with Crippen LogP contribution in [0.2, 0.25) is 0 Å². The van der Waals surface area contributed by atoms with Crippen molar-refractivity contribution < 1.29 is 13.9 Å². The highest BCUT2D eigenvalue weighted by atomic mass is 16.5. The van der Waals surface area contributed by atoms with E-state index in [1.165, 1.54) is 7.11 Å². The lowest BCUT2D eigenvalue weighted by Crippen LogP contribution is -2.11. The Kier molecular flexibility index (Phi) is 4.16. The van der Waals surface area contributed by atoms with E-state index in [0.29, 0.717) is 16.7 Å². The molecule has 0 bridgehead atoms. The van der Waals surface area contributed by atoms with Gasteiger partial charge in [0.15, 0.2) is 11.3 Å². The van der Waals surface area contributed by atoms with Crippen LogP contribution < -0.4 is 5.63 Å². The highest BCUT2D eigenvalue weighted by Crippen LogP contribution is 2.23. The van der Waals surface area contributed by atoms with Crippen LogP contribution in [0.3, 0.4) is 0 Å². The van der Waals surface area contributed by atoms with Crippen molar-refractivity contribution in [2.75, 3.05) is 7.11 Å². The van der Waals surface area contributed by atoms with Gasteiger partial charge in [-0.1, -0.05) is 35.9 Å². The van der Waals surface area contributed by atoms with Gasteiger partial charge in [-0.2, -0.15) is 0 Å². The van der Waals surface area contributed by atoms with Crippen LogP contribution >= 0.6 is 0 Å². The number of aromatic nitrogens is 1. The number of esters is 1. The molecule has 5 heteroatoms. The molecule has 0 saturated heterocycles.